The molecule has 0 spiro atoms. The maximum Gasteiger partial charge on any atom is 0.407 e. The number of aliphatic carboxylic acids is 1. The summed E-state index contributed by atoms with van der Waals surface area (Å²) in [4.78, 5) is 36.1. The highest BCUT2D eigenvalue weighted by molar-refractivity contribution is 7.03. The van der Waals surface area contributed by atoms with Gasteiger partial charge < -0.3 is 20.5 Å². The SMILES string of the molecule is O=C(O)CC(NC(=O)OCC1c2ccccc2-c2ccccc21)C(=O)NCc1ccsn1. The van der Waals surface area contributed by atoms with Gasteiger partial charge >= 0.3 is 12.1 Å². The minimum atomic E-state index is -1.26. The van der Waals surface area contributed by atoms with Crippen LogP contribution in [0.3, 0.4) is 0 Å². The van der Waals surface area contributed by atoms with Gasteiger partial charge in [0.1, 0.15) is 12.6 Å². The number of amides is 2. The van der Waals surface area contributed by atoms with Gasteiger partial charge in [0.15, 0.2) is 0 Å². The van der Waals surface area contributed by atoms with Gasteiger partial charge in [-0.15, -0.1) is 0 Å². The van der Waals surface area contributed by atoms with Gasteiger partial charge in [0, 0.05) is 11.3 Å². The molecule has 0 fully saturated rings. The number of fused-ring (bicyclic) bond motifs is 3. The van der Waals surface area contributed by atoms with Crippen LogP contribution in [-0.2, 0) is 20.9 Å². The van der Waals surface area contributed by atoms with Gasteiger partial charge in [-0.1, -0.05) is 48.5 Å². The van der Waals surface area contributed by atoms with Crippen molar-refractivity contribution in [1.29, 1.82) is 0 Å². The van der Waals surface area contributed by atoms with E-state index >= 15 is 0 Å². The van der Waals surface area contributed by atoms with Gasteiger partial charge in [-0.25, -0.2) is 4.79 Å². The number of nitrogens with zero attached hydrogens (tertiary/aromatic N) is 1. The monoisotopic (exact) mass is 451 g/mol. The highest BCUT2D eigenvalue weighted by Crippen LogP contribution is 2.44. The first kappa shape index (κ1) is 21.5. The molecular weight excluding hydrogens is 430 g/mol. The zero-order valence-corrected chi connectivity index (χ0v) is 17.8. The molecule has 4 rings (SSSR count). The second-order valence-electron chi connectivity index (χ2n) is 7.33. The first-order valence-corrected chi connectivity index (χ1v) is 10.9. The molecule has 0 bridgehead atoms. The number of carboxylic acid groups (broad SMARTS) is 1. The van der Waals surface area contributed by atoms with Crippen molar-refractivity contribution in [2.24, 2.45) is 0 Å². The Morgan fingerprint density at radius 3 is 2.28 bits per heavy atom. The number of carbonyl (C=O) groups is 3. The zero-order chi connectivity index (χ0) is 22.5. The Bertz CT molecular complexity index is 1090. The van der Waals surface area contributed by atoms with Crippen LogP contribution in [0.4, 0.5) is 4.79 Å². The van der Waals surface area contributed by atoms with Crippen molar-refractivity contribution in [1.82, 2.24) is 15.0 Å². The number of nitrogens with one attached hydrogen (secondary N) is 2. The predicted octanol–water partition coefficient (Wildman–Crippen LogP) is 3.14. The number of benzene rings is 2. The van der Waals surface area contributed by atoms with E-state index in [0.717, 1.165) is 22.3 Å². The summed E-state index contributed by atoms with van der Waals surface area (Å²) >= 11 is 1.24. The summed E-state index contributed by atoms with van der Waals surface area (Å²) < 4.78 is 9.50. The summed E-state index contributed by atoms with van der Waals surface area (Å²) in [5, 5.41) is 15.9. The molecule has 1 aliphatic rings. The average Bonchev–Trinajstić information content (AvgIpc) is 3.41. The molecule has 9 heteroatoms. The van der Waals surface area contributed by atoms with E-state index in [4.69, 9.17) is 9.84 Å². The predicted molar refractivity (Wildman–Crippen MR) is 118 cm³/mol. The molecule has 0 aliphatic heterocycles. The molecule has 32 heavy (non-hydrogen) atoms. The average molecular weight is 452 g/mol. The second kappa shape index (κ2) is 9.61. The summed E-state index contributed by atoms with van der Waals surface area (Å²) in [6.07, 6.45) is -1.41. The molecule has 0 saturated carbocycles. The van der Waals surface area contributed by atoms with Crippen molar-refractivity contribution in [3.05, 3.63) is 76.8 Å². The van der Waals surface area contributed by atoms with Crippen molar-refractivity contribution in [2.45, 2.75) is 24.9 Å². The van der Waals surface area contributed by atoms with Crippen LogP contribution in [0.5, 0.6) is 0 Å². The normalized spacial score (nSPS) is 13.0. The van der Waals surface area contributed by atoms with E-state index in [1.54, 1.807) is 11.4 Å². The lowest BCUT2D eigenvalue weighted by Crippen LogP contribution is -2.48. The maximum absolute atomic E-state index is 12.4. The Kier molecular flexibility index (Phi) is 6.46. The smallest absolute Gasteiger partial charge is 0.407 e. The van der Waals surface area contributed by atoms with Crippen LogP contribution in [0.15, 0.2) is 60.0 Å². The van der Waals surface area contributed by atoms with Crippen molar-refractivity contribution in [3.8, 4) is 11.1 Å². The topological polar surface area (TPSA) is 118 Å². The summed E-state index contributed by atoms with van der Waals surface area (Å²) in [5.41, 5.74) is 4.97. The van der Waals surface area contributed by atoms with Crippen molar-refractivity contribution >= 4 is 29.5 Å². The van der Waals surface area contributed by atoms with Crippen LogP contribution in [0.2, 0.25) is 0 Å². The number of rotatable bonds is 8. The number of carboxylic acids is 1. The summed E-state index contributed by atoms with van der Waals surface area (Å²) in [6, 6.07) is 16.4. The molecule has 2 amide bonds. The third kappa shape index (κ3) is 4.78. The Morgan fingerprint density at radius 1 is 1.03 bits per heavy atom. The molecule has 1 atom stereocenters. The lowest BCUT2D eigenvalue weighted by molar-refractivity contribution is -0.139. The quantitative estimate of drug-likeness (QED) is 0.484. The second-order valence-corrected chi connectivity index (χ2v) is 7.99. The molecule has 2 aromatic carbocycles. The minimum Gasteiger partial charge on any atom is -0.481 e. The standard InChI is InChI=1S/C23H21N3O5S/c27-21(28)11-20(22(29)24-12-14-9-10-32-26-14)25-23(30)31-13-19-17-7-3-1-5-15(17)16-6-2-4-8-18(16)19/h1-10,19-20H,11-13H2,(H,24,29)(H,25,30)(H,27,28). The lowest BCUT2D eigenvalue weighted by atomic mass is 9.98. The van der Waals surface area contributed by atoms with E-state index in [-0.39, 0.29) is 19.1 Å². The number of hydrogen-bond donors (Lipinski definition) is 3. The van der Waals surface area contributed by atoms with E-state index < -0.39 is 30.4 Å². The summed E-state index contributed by atoms with van der Waals surface area (Å²) in [7, 11) is 0. The van der Waals surface area contributed by atoms with Crippen LogP contribution in [0, 0.1) is 0 Å². The minimum absolute atomic E-state index is 0.0695. The van der Waals surface area contributed by atoms with Gasteiger partial charge in [-0.2, -0.15) is 4.37 Å². The zero-order valence-electron chi connectivity index (χ0n) is 17.0. The van der Waals surface area contributed by atoms with Crippen molar-refractivity contribution in [3.63, 3.8) is 0 Å². The Morgan fingerprint density at radius 2 is 1.69 bits per heavy atom. The van der Waals surface area contributed by atoms with Crippen LogP contribution in [0.25, 0.3) is 11.1 Å². The fraction of sp³-hybridized carbons (Fsp3) is 0.217. The number of aromatic nitrogens is 1. The molecule has 1 unspecified atom stereocenters. The van der Waals surface area contributed by atoms with E-state index in [9.17, 15) is 14.4 Å². The first-order valence-electron chi connectivity index (χ1n) is 10.0. The van der Waals surface area contributed by atoms with E-state index in [0.29, 0.717) is 5.69 Å². The van der Waals surface area contributed by atoms with Crippen LogP contribution in [-0.4, -0.2) is 40.1 Å². The Labute approximate surface area is 188 Å². The number of ether oxygens (including phenoxy) is 1. The van der Waals surface area contributed by atoms with Crippen LogP contribution in [0.1, 0.15) is 29.2 Å². The fourth-order valence-electron chi connectivity index (χ4n) is 3.80. The Balaban J connectivity index is 1.39. The van der Waals surface area contributed by atoms with E-state index in [2.05, 4.69) is 15.0 Å². The summed E-state index contributed by atoms with van der Waals surface area (Å²) in [6.45, 7) is 0.213. The molecule has 0 radical (unpaired) electrons. The van der Waals surface area contributed by atoms with Crippen molar-refractivity contribution < 1.29 is 24.2 Å². The van der Waals surface area contributed by atoms with E-state index in [1.165, 1.54) is 11.5 Å². The molecule has 1 heterocycles. The summed E-state index contributed by atoms with van der Waals surface area (Å²) in [5.74, 6) is -1.96. The van der Waals surface area contributed by atoms with Crippen molar-refractivity contribution in [2.75, 3.05) is 6.61 Å². The molecule has 1 aromatic heterocycles. The van der Waals surface area contributed by atoms with Gasteiger partial charge in [-0.3, -0.25) is 9.59 Å². The maximum atomic E-state index is 12.4. The molecular formula is C23H21N3O5S. The third-order valence-corrected chi connectivity index (χ3v) is 5.86. The van der Waals surface area contributed by atoms with Crippen LogP contribution >= 0.6 is 11.5 Å². The Hall–Kier alpha value is -3.72. The first-order chi connectivity index (χ1) is 15.5. The van der Waals surface area contributed by atoms with E-state index in [1.807, 2.05) is 48.5 Å². The number of hydrogen-bond acceptors (Lipinski definition) is 6. The van der Waals surface area contributed by atoms with Gasteiger partial charge in [0.05, 0.1) is 18.7 Å². The lowest BCUT2D eigenvalue weighted by Gasteiger charge is -2.18. The largest absolute Gasteiger partial charge is 0.481 e. The third-order valence-electron chi connectivity index (χ3n) is 5.27. The molecule has 0 saturated heterocycles. The highest BCUT2D eigenvalue weighted by Gasteiger charge is 2.30. The molecule has 1 aliphatic carbocycles. The number of carbonyl (C=O) groups excluding carboxylic acids is 2. The molecule has 3 aromatic rings. The van der Waals surface area contributed by atoms with Gasteiger partial charge in [-0.05, 0) is 39.9 Å². The molecule has 164 valence electrons. The van der Waals surface area contributed by atoms with Crippen LogP contribution < -0.4 is 10.6 Å². The molecule has 8 nitrogen and oxygen atoms in total. The highest BCUT2D eigenvalue weighted by atomic mass is 32.1. The number of alkyl carbamates (subject to hydrolysis) is 1. The fourth-order valence-corrected chi connectivity index (χ4v) is 4.34. The molecule has 3 N–H and O–H groups in total. The van der Waals surface area contributed by atoms with Gasteiger partial charge in [0.25, 0.3) is 0 Å². The van der Waals surface area contributed by atoms with Gasteiger partial charge in [0.2, 0.25) is 5.91 Å².